The lowest BCUT2D eigenvalue weighted by atomic mass is 9.58. The third-order valence-corrected chi connectivity index (χ3v) is 10.5. The first-order valence-electron chi connectivity index (χ1n) is 15.8. The van der Waals surface area contributed by atoms with E-state index < -0.39 is 0 Å². The molecule has 0 N–H and O–H groups in total. The van der Waals surface area contributed by atoms with Gasteiger partial charge in [-0.15, -0.1) is 0 Å². The number of hydrogen-bond donors (Lipinski definition) is 0. The van der Waals surface area contributed by atoms with Gasteiger partial charge in [0.25, 0.3) is 0 Å². The van der Waals surface area contributed by atoms with Crippen LogP contribution in [0.25, 0.3) is 17.1 Å². The minimum absolute atomic E-state index is 0.0132. The van der Waals surface area contributed by atoms with Gasteiger partial charge in [0.05, 0.1) is 11.4 Å². The summed E-state index contributed by atoms with van der Waals surface area (Å²) in [4.78, 5) is 7.27. The Labute approximate surface area is 261 Å². The Kier molecular flexibility index (Phi) is 6.40. The van der Waals surface area contributed by atoms with Gasteiger partial charge in [-0.1, -0.05) is 79.7 Å². The largest absolute Gasteiger partial charge is 0.457 e. The summed E-state index contributed by atoms with van der Waals surface area (Å²) in [6.07, 6.45) is 5.93. The van der Waals surface area contributed by atoms with Gasteiger partial charge in [0.2, 0.25) is 0 Å². The number of nitrogens with zero attached hydrogens (tertiary/aromatic N) is 5. The van der Waals surface area contributed by atoms with Gasteiger partial charge in [-0.25, -0.2) is 9.67 Å². The highest BCUT2D eigenvalue weighted by Crippen LogP contribution is 2.50. The lowest BCUT2D eigenvalue weighted by Gasteiger charge is -2.46. The standard InChI is InChI=1S/C37H42BN5O/c1-23(2)27-11-10-12-28(24(3)4)34(27)38-41(9)31-16-14-25(21-29(31)35-39-19-20-42(35)38)44-26-13-15-30-32(22-26)43-33(17-18-40-43)37(7,8)36(30,5)6/h10-24H,1-9H3. The molecule has 0 unspecified atom stereocenters. The van der Waals surface area contributed by atoms with E-state index in [2.05, 4.69) is 143 Å². The lowest BCUT2D eigenvalue weighted by Crippen LogP contribution is -2.56. The molecule has 5 aromatic rings. The first-order valence-corrected chi connectivity index (χ1v) is 15.8. The van der Waals surface area contributed by atoms with Crippen LogP contribution < -0.4 is 15.0 Å². The normalized spacial score (nSPS) is 16.1. The molecule has 6 nitrogen and oxygen atoms in total. The number of aromatic nitrogens is 4. The molecule has 44 heavy (non-hydrogen) atoms. The summed E-state index contributed by atoms with van der Waals surface area (Å²) in [5.74, 6) is 3.35. The molecular weight excluding hydrogens is 541 g/mol. The molecule has 7 heteroatoms. The Bertz CT molecular complexity index is 1870. The van der Waals surface area contributed by atoms with Crippen LogP contribution in [0.1, 0.15) is 89.6 Å². The predicted molar refractivity (Wildman–Crippen MR) is 181 cm³/mol. The van der Waals surface area contributed by atoms with Crippen LogP contribution in [0.2, 0.25) is 0 Å². The maximum absolute atomic E-state index is 6.57. The monoisotopic (exact) mass is 583 g/mol. The molecule has 2 aromatic heterocycles. The number of anilines is 1. The van der Waals surface area contributed by atoms with Crippen molar-refractivity contribution in [3.63, 3.8) is 0 Å². The number of benzene rings is 3. The van der Waals surface area contributed by atoms with Crippen molar-refractivity contribution >= 4 is 18.1 Å². The quantitative estimate of drug-likeness (QED) is 0.197. The van der Waals surface area contributed by atoms with Gasteiger partial charge >= 0.3 is 6.98 Å². The van der Waals surface area contributed by atoms with Crippen LogP contribution in [0, 0.1) is 0 Å². The molecule has 2 aliphatic heterocycles. The summed E-state index contributed by atoms with van der Waals surface area (Å²) >= 11 is 0. The summed E-state index contributed by atoms with van der Waals surface area (Å²) in [6.45, 7) is 18.4. The molecular formula is C37H42BN5O. The van der Waals surface area contributed by atoms with Crippen molar-refractivity contribution in [1.82, 2.24) is 19.2 Å². The van der Waals surface area contributed by atoms with Crippen LogP contribution in [-0.4, -0.2) is 33.3 Å². The van der Waals surface area contributed by atoms with Gasteiger partial charge in [-0.2, -0.15) is 5.10 Å². The van der Waals surface area contributed by atoms with Gasteiger partial charge in [0.15, 0.2) is 0 Å². The zero-order valence-corrected chi connectivity index (χ0v) is 27.4. The van der Waals surface area contributed by atoms with Crippen molar-refractivity contribution in [3.05, 3.63) is 102 Å². The zero-order valence-electron chi connectivity index (χ0n) is 27.4. The van der Waals surface area contributed by atoms with Crippen LogP contribution in [0.3, 0.4) is 0 Å². The van der Waals surface area contributed by atoms with Crippen molar-refractivity contribution < 1.29 is 4.74 Å². The van der Waals surface area contributed by atoms with Crippen molar-refractivity contribution in [1.29, 1.82) is 0 Å². The van der Waals surface area contributed by atoms with E-state index in [1.165, 1.54) is 27.8 Å². The lowest BCUT2D eigenvalue weighted by molar-refractivity contribution is 0.275. The van der Waals surface area contributed by atoms with Gasteiger partial charge in [-0.3, -0.25) is 0 Å². The molecule has 2 aliphatic rings. The number of fused-ring (bicyclic) bond motifs is 6. The fourth-order valence-corrected chi connectivity index (χ4v) is 7.38. The topological polar surface area (TPSA) is 48.1 Å². The van der Waals surface area contributed by atoms with Crippen LogP contribution in [-0.2, 0) is 10.8 Å². The van der Waals surface area contributed by atoms with Gasteiger partial charge in [0, 0.05) is 46.7 Å². The van der Waals surface area contributed by atoms with E-state index in [4.69, 9.17) is 14.8 Å². The highest BCUT2D eigenvalue weighted by molar-refractivity contribution is 6.77. The Balaban J connectivity index is 1.28. The third-order valence-electron chi connectivity index (χ3n) is 10.5. The van der Waals surface area contributed by atoms with Crippen molar-refractivity contribution in [2.24, 2.45) is 0 Å². The molecule has 0 bridgehead atoms. The van der Waals surface area contributed by atoms with E-state index >= 15 is 0 Å². The SMILES string of the molecule is CC(C)c1cccc(C(C)C)c1B1N(C)c2ccc(Oc3ccc4c(c3)-n3nccc3C(C)(C)C4(C)C)cc2-c2nccn21. The highest BCUT2D eigenvalue weighted by Gasteiger charge is 2.47. The zero-order chi connectivity index (χ0) is 31.1. The van der Waals surface area contributed by atoms with Gasteiger partial charge < -0.3 is 14.0 Å². The number of ether oxygens (including phenoxy) is 1. The fourth-order valence-electron chi connectivity index (χ4n) is 7.38. The molecule has 0 radical (unpaired) electrons. The van der Waals surface area contributed by atoms with E-state index in [9.17, 15) is 0 Å². The van der Waals surface area contributed by atoms with Crippen LogP contribution in [0.4, 0.5) is 5.69 Å². The van der Waals surface area contributed by atoms with Crippen LogP contribution in [0.5, 0.6) is 11.5 Å². The number of imidazole rings is 1. The first kappa shape index (κ1) is 28.5. The first-order chi connectivity index (χ1) is 20.9. The van der Waals surface area contributed by atoms with E-state index in [-0.39, 0.29) is 17.8 Å². The molecule has 7 rings (SSSR count). The second kappa shape index (κ2) is 9.88. The van der Waals surface area contributed by atoms with E-state index in [1.54, 1.807) is 0 Å². The van der Waals surface area contributed by atoms with Crippen molar-refractivity contribution in [2.45, 2.75) is 78.1 Å². The predicted octanol–water partition coefficient (Wildman–Crippen LogP) is 8.04. The molecule has 3 aromatic carbocycles. The third kappa shape index (κ3) is 4.01. The minimum atomic E-state index is -0.0649. The molecule has 4 heterocycles. The molecule has 0 atom stereocenters. The summed E-state index contributed by atoms with van der Waals surface area (Å²) < 4.78 is 11.0. The maximum Gasteiger partial charge on any atom is 0.417 e. The van der Waals surface area contributed by atoms with E-state index in [1.807, 2.05) is 12.4 Å². The highest BCUT2D eigenvalue weighted by atomic mass is 16.5. The maximum atomic E-state index is 6.57. The molecule has 0 saturated heterocycles. The fraction of sp³-hybridized carbons (Fsp3) is 0.351. The summed E-state index contributed by atoms with van der Waals surface area (Å²) in [5, 5.41) is 4.70. The summed E-state index contributed by atoms with van der Waals surface area (Å²) in [5.41, 5.74) is 9.79. The Hall–Kier alpha value is -4.26. The summed E-state index contributed by atoms with van der Waals surface area (Å²) in [6, 6.07) is 21.7. The molecule has 224 valence electrons. The number of rotatable bonds is 5. The Morgan fingerprint density at radius 2 is 1.45 bits per heavy atom. The second-order valence-electron chi connectivity index (χ2n) is 14.1. The summed E-state index contributed by atoms with van der Waals surface area (Å²) in [7, 11) is 2.20. The average Bonchev–Trinajstić information content (AvgIpc) is 3.67. The Morgan fingerprint density at radius 1 is 0.773 bits per heavy atom. The van der Waals surface area contributed by atoms with Crippen molar-refractivity contribution in [3.8, 4) is 28.6 Å². The molecule has 0 fully saturated rings. The average molecular weight is 584 g/mol. The Morgan fingerprint density at radius 3 is 2.16 bits per heavy atom. The molecule has 0 saturated carbocycles. The molecule has 0 amide bonds. The molecule has 0 spiro atoms. The smallest absolute Gasteiger partial charge is 0.417 e. The van der Waals surface area contributed by atoms with Crippen LogP contribution >= 0.6 is 0 Å². The van der Waals surface area contributed by atoms with Crippen LogP contribution in [0.15, 0.2) is 79.3 Å². The van der Waals surface area contributed by atoms with E-state index in [0.29, 0.717) is 11.8 Å². The van der Waals surface area contributed by atoms with Gasteiger partial charge in [0.1, 0.15) is 17.3 Å². The van der Waals surface area contributed by atoms with Crippen molar-refractivity contribution in [2.75, 3.05) is 11.9 Å². The minimum Gasteiger partial charge on any atom is -0.457 e. The van der Waals surface area contributed by atoms with Gasteiger partial charge in [-0.05, 0) is 71.4 Å². The van der Waals surface area contributed by atoms with E-state index in [0.717, 1.165) is 34.3 Å². The number of hydrogen-bond acceptors (Lipinski definition) is 4. The molecule has 0 aliphatic carbocycles. The second-order valence-corrected chi connectivity index (χ2v) is 14.1.